The Bertz CT molecular complexity index is 451. The van der Waals surface area contributed by atoms with Crippen LogP contribution in [-0.2, 0) is 13.1 Å². The van der Waals surface area contributed by atoms with E-state index in [0.717, 1.165) is 56.3 Å². The molecule has 0 aliphatic carbocycles. The van der Waals surface area contributed by atoms with E-state index < -0.39 is 0 Å². The number of hydrogen-bond donors (Lipinski definition) is 1. The molecule has 0 radical (unpaired) electrons. The van der Waals surface area contributed by atoms with Crippen molar-refractivity contribution in [1.82, 2.24) is 20.0 Å². The van der Waals surface area contributed by atoms with Crippen LogP contribution in [0.4, 0.5) is 0 Å². The highest BCUT2D eigenvalue weighted by atomic mass is 35.5. The molecule has 20 heavy (non-hydrogen) atoms. The maximum absolute atomic E-state index is 6.47. The molecule has 2 heterocycles. The van der Waals surface area contributed by atoms with Crippen LogP contribution >= 0.6 is 11.6 Å². The van der Waals surface area contributed by atoms with Gasteiger partial charge in [0.1, 0.15) is 0 Å². The third kappa shape index (κ3) is 2.74. The fourth-order valence-corrected chi connectivity index (χ4v) is 3.47. The first-order chi connectivity index (χ1) is 9.57. The van der Waals surface area contributed by atoms with E-state index in [4.69, 9.17) is 11.6 Å². The third-order valence-electron chi connectivity index (χ3n) is 4.79. The van der Waals surface area contributed by atoms with Gasteiger partial charge in [0.15, 0.2) is 0 Å². The van der Waals surface area contributed by atoms with Crippen molar-refractivity contribution >= 4 is 11.6 Å². The van der Waals surface area contributed by atoms with Crippen molar-refractivity contribution in [1.29, 1.82) is 0 Å². The van der Waals surface area contributed by atoms with E-state index in [-0.39, 0.29) is 5.54 Å². The van der Waals surface area contributed by atoms with E-state index in [2.05, 4.69) is 40.8 Å². The number of nitrogens with one attached hydrogen (secondary N) is 1. The highest BCUT2D eigenvalue weighted by Gasteiger charge is 2.36. The molecule has 1 N–H and O–H groups in total. The zero-order chi connectivity index (χ0) is 14.8. The van der Waals surface area contributed by atoms with Crippen LogP contribution in [0.25, 0.3) is 0 Å². The molecular formula is C15H27ClN4. The predicted molar refractivity (Wildman–Crippen MR) is 84.2 cm³/mol. The molecule has 114 valence electrons. The Morgan fingerprint density at radius 1 is 1.30 bits per heavy atom. The topological polar surface area (TPSA) is 33.1 Å². The van der Waals surface area contributed by atoms with E-state index in [1.54, 1.807) is 0 Å². The molecule has 0 aromatic carbocycles. The molecule has 0 unspecified atom stereocenters. The second-order valence-corrected chi connectivity index (χ2v) is 6.07. The van der Waals surface area contributed by atoms with Crippen molar-refractivity contribution in [3.8, 4) is 0 Å². The summed E-state index contributed by atoms with van der Waals surface area (Å²) in [5.74, 6) is 0. The van der Waals surface area contributed by atoms with E-state index in [0.29, 0.717) is 0 Å². The standard InChI is InChI=1S/C15H27ClN4/c1-5-15(6-2)11-17-8-9-19(15)10-13-14(16)12(4)18-20(13)7-3/h17H,5-11H2,1-4H3. The summed E-state index contributed by atoms with van der Waals surface area (Å²) in [5.41, 5.74) is 2.36. The number of hydrogen-bond acceptors (Lipinski definition) is 3. The van der Waals surface area contributed by atoms with Crippen molar-refractivity contribution < 1.29 is 0 Å². The van der Waals surface area contributed by atoms with E-state index in [1.165, 1.54) is 5.69 Å². The average Bonchev–Trinajstić information content (AvgIpc) is 2.75. The van der Waals surface area contributed by atoms with Gasteiger partial charge in [-0.2, -0.15) is 5.10 Å². The molecule has 4 nitrogen and oxygen atoms in total. The fourth-order valence-electron chi connectivity index (χ4n) is 3.28. The SMILES string of the molecule is CCn1nc(C)c(Cl)c1CN1CCNCC1(CC)CC. The number of rotatable bonds is 5. The van der Waals surface area contributed by atoms with Gasteiger partial charge in [0.25, 0.3) is 0 Å². The first-order valence-corrected chi connectivity index (χ1v) is 8.13. The Morgan fingerprint density at radius 3 is 2.60 bits per heavy atom. The van der Waals surface area contributed by atoms with E-state index >= 15 is 0 Å². The molecule has 1 aliphatic heterocycles. The van der Waals surface area contributed by atoms with Gasteiger partial charge in [-0.3, -0.25) is 9.58 Å². The fraction of sp³-hybridized carbons (Fsp3) is 0.800. The summed E-state index contributed by atoms with van der Waals surface area (Å²) in [6.07, 6.45) is 2.32. The van der Waals surface area contributed by atoms with Gasteiger partial charge < -0.3 is 5.32 Å². The van der Waals surface area contributed by atoms with Gasteiger partial charge >= 0.3 is 0 Å². The number of aromatic nitrogens is 2. The first kappa shape index (κ1) is 15.8. The Labute approximate surface area is 127 Å². The van der Waals surface area contributed by atoms with Crippen molar-refractivity contribution in [2.45, 2.75) is 59.2 Å². The second-order valence-electron chi connectivity index (χ2n) is 5.69. The lowest BCUT2D eigenvalue weighted by Gasteiger charge is -2.47. The summed E-state index contributed by atoms with van der Waals surface area (Å²) in [5, 5.41) is 8.92. The zero-order valence-corrected chi connectivity index (χ0v) is 13.9. The molecule has 5 heteroatoms. The number of aryl methyl sites for hydroxylation is 2. The van der Waals surface area contributed by atoms with E-state index in [9.17, 15) is 0 Å². The van der Waals surface area contributed by atoms with Crippen LogP contribution in [0.5, 0.6) is 0 Å². The molecule has 0 spiro atoms. The van der Waals surface area contributed by atoms with Crippen molar-refractivity contribution in [3.63, 3.8) is 0 Å². The lowest BCUT2D eigenvalue weighted by atomic mass is 9.88. The minimum Gasteiger partial charge on any atom is -0.314 e. The maximum Gasteiger partial charge on any atom is 0.0860 e. The molecule has 1 aromatic rings. The van der Waals surface area contributed by atoms with Crippen molar-refractivity contribution in [2.75, 3.05) is 19.6 Å². The molecule has 1 fully saturated rings. The second kappa shape index (κ2) is 6.46. The Kier molecular flexibility index (Phi) is 5.10. The van der Waals surface area contributed by atoms with Crippen LogP contribution in [0, 0.1) is 6.92 Å². The molecule has 1 saturated heterocycles. The number of halogens is 1. The van der Waals surface area contributed by atoms with Crippen LogP contribution in [0.1, 0.15) is 45.0 Å². The summed E-state index contributed by atoms with van der Waals surface area (Å²) in [6.45, 7) is 13.7. The molecule has 1 aromatic heterocycles. The van der Waals surface area contributed by atoms with Gasteiger partial charge in [0, 0.05) is 38.3 Å². The lowest BCUT2D eigenvalue weighted by molar-refractivity contribution is 0.0425. The van der Waals surface area contributed by atoms with Crippen molar-refractivity contribution in [3.05, 3.63) is 16.4 Å². The largest absolute Gasteiger partial charge is 0.314 e. The van der Waals surface area contributed by atoms with Crippen LogP contribution in [0.2, 0.25) is 5.02 Å². The molecule has 0 saturated carbocycles. The minimum absolute atomic E-state index is 0.248. The highest BCUT2D eigenvalue weighted by Crippen LogP contribution is 2.30. The van der Waals surface area contributed by atoms with Crippen LogP contribution in [0.15, 0.2) is 0 Å². The molecular weight excluding hydrogens is 272 g/mol. The average molecular weight is 299 g/mol. The first-order valence-electron chi connectivity index (χ1n) is 7.75. The van der Waals surface area contributed by atoms with Gasteiger partial charge in [-0.15, -0.1) is 0 Å². The van der Waals surface area contributed by atoms with E-state index in [1.807, 2.05) is 6.92 Å². The number of nitrogens with zero attached hydrogens (tertiary/aromatic N) is 3. The quantitative estimate of drug-likeness (QED) is 0.907. The monoisotopic (exact) mass is 298 g/mol. The van der Waals surface area contributed by atoms with Gasteiger partial charge in [-0.1, -0.05) is 25.4 Å². The van der Waals surface area contributed by atoms with Gasteiger partial charge in [-0.05, 0) is 26.7 Å². The van der Waals surface area contributed by atoms with Gasteiger partial charge in [0.2, 0.25) is 0 Å². The van der Waals surface area contributed by atoms with Gasteiger partial charge in [0.05, 0.1) is 16.4 Å². The zero-order valence-electron chi connectivity index (χ0n) is 13.2. The lowest BCUT2D eigenvalue weighted by Crippen LogP contribution is -2.60. The predicted octanol–water partition coefficient (Wildman–Crippen LogP) is 2.83. The van der Waals surface area contributed by atoms with Crippen LogP contribution < -0.4 is 5.32 Å². The van der Waals surface area contributed by atoms with Crippen LogP contribution in [-0.4, -0.2) is 39.9 Å². The molecule has 0 bridgehead atoms. The summed E-state index contributed by atoms with van der Waals surface area (Å²) in [4.78, 5) is 2.60. The summed E-state index contributed by atoms with van der Waals surface area (Å²) >= 11 is 6.47. The number of piperazine rings is 1. The summed E-state index contributed by atoms with van der Waals surface area (Å²) < 4.78 is 2.05. The van der Waals surface area contributed by atoms with Crippen molar-refractivity contribution in [2.24, 2.45) is 0 Å². The highest BCUT2D eigenvalue weighted by molar-refractivity contribution is 6.31. The molecule has 2 rings (SSSR count). The Morgan fingerprint density at radius 2 is 2.00 bits per heavy atom. The summed E-state index contributed by atoms with van der Waals surface area (Å²) in [6, 6.07) is 0. The molecule has 0 atom stereocenters. The summed E-state index contributed by atoms with van der Waals surface area (Å²) in [7, 11) is 0. The maximum atomic E-state index is 6.47. The minimum atomic E-state index is 0.248. The van der Waals surface area contributed by atoms with Crippen LogP contribution in [0.3, 0.4) is 0 Å². The smallest absolute Gasteiger partial charge is 0.0860 e. The Balaban J connectivity index is 2.27. The molecule has 1 aliphatic rings. The molecule has 0 amide bonds. The third-order valence-corrected chi connectivity index (χ3v) is 5.28. The van der Waals surface area contributed by atoms with Gasteiger partial charge in [-0.25, -0.2) is 0 Å². The normalized spacial score (nSPS) is 19.4. The Hall–Kier alpha value is -0.580.